The molecule has 0 aliphatic carbocycles. The number of esters is 1. The fourth-order valence-corrected chi connectivity index (χ4v) is 1.04. The van der Waals surface area contributed by atoms with E-state index in [4.69, 9.17) is 10.5 Å². The van der Waals surface area contributed by atoms with Gasteiger partial charge >= 0.3 is 5.97 Å². The molecule has 54 valence electrons. The lowest BCUT2D eigenvalue weighted by Gasteiger charge is -1.95. The first-order valence-corrected chi connectivity index (χ1v) is 3.70. The van der Waals surface area contributed by atoms with Crippen LogP contribution in [0.25, 0.3) is 0 Å². The van der Waals surface area contributed by atoms with Gasteiger partial charge in [-0.15, -0.1) is 11.3 Å². The van der Waals surface area contributed by atoms with E-state index in [1.807, 2.05) is 5.38 Å². The molecule has 0 amide bonds. The molecule has 0 bridgehead atoms. The first-order chi connectivity index (χ1) is 4.83. The Bertz CT molecular complexity index is 208. The summed E-state index contributed by atoms with van der Waals surface area (Å²) in [4.78, 5) is 10.5. The highest BCUT2D eigenvalue weighted by atomic mass is 32.1. The van der Waals surface area contributed by atoms with E-state index in [9.17, 15) is 4.79 Å². The molecule has 0 atom stereocenters. The molecule has 3 nitrogen and oxygen atoms in total. The summed E-state index contributed by atoms with van der Waals surface area (Å²) in [6.07, 6.45) is 0. The van der Waals surface area contributed by atoms with Gasteiger partial charge in [-0.25, -0.2) is 0 Å². The Morgan fingerprint density at radius 3 is 3.10 bits per heavy atom. The normalized spacial score (nSPS) is 9.30. The largest absolute Gasteiger partial charge is 0.425 e. The zero-order chi connectivity index (χ0) is 7.40. The van der Waals surface area contributed by atoms with Crippen LogP contribution in [-0.4, -0.2) is 12.5 Å². The van der Waals surface area contributed by atoms with Crippen LogP contribution in [0.1, 0.15) is 0 Å². The average molecular weight is 157 g/mol. The molecule has 10 heavy (non-hydrogen) atoms. The van der Waals surface area contributed by atoms with Gasteiger partial charge in [-0.1, -0.05) is 0 Å². The molecule has 1 aromatic heterocycles. The van der Waals surface area contributed by atoms with Gasteiger partial charge in [0.2, 0.25) is 0 Å². The highest BCUT2D eigenvalue weighted by Crippen LogP contribution is 2.14. The molecular formula is C6H7NO2S. The summed E-state index contributed by atoms with van der Waals surface area (Å²) in [7, 11) is 0. The molecule has 0 aliphatic rings. The fourth-order valence-electron chi connectivity index (χ4n) is 0.483. The van der Waals surface area contributed by atoms with E-state index in [1.165, 1.54) is 11.3 Å². The van der Waals surface area contributed by atoms with Crippen LogP contribution in [0, 0.1) is 0 Å². The second kappa shape index (κ2) is 3.34. The Kier molecular flexibility index (Phi) is 2.42. The number of thiophene rings is 1. The van der Waals surface area contributed by atoms with Crippen molar-refractivity contribution < 1.29 is 9.53 Å². The van der Waals surface area contributed by atoms with Gasteiger partial charge in [0.05, 0.1) is 6.54 Å². The number of carbonyl (C=O) groups is 1. The molecule has 0 fully saturated rings. The van der Waals surface area contributed by atoms with E-state index in [0.717, 1.165) is 0 Å². The lowest BCUT2D eigenvalue weighted by atomic mass is 10.6. The first kappa shape index (κ1) is 7.24. The summed E-state index contributed by atoms with van der Waals surface area (Å²) in [5.74, 6) is 0.166. The lowest BCUT2D eigenvalue weighted by Crippen LogP contribution is -2.19. The zero-order valence-corrected chi connectivity index (χ0v) is 6.06. The molecule has 0 aromatic carbocycles. The number of carbonyl (C=O) groups excluding carboxylic acids is 1. The third-order valence-electron chi connectivity index (χ3n) is 0.893. The van der Waals surface area contributed by atoms with Crippen molar-refractivity contribution in [1.29, 1.82) is 0 Å². The summed E-state index contributed by atoms with van der Waals surface area (Å²) in [5.41, 5.74) is 5.02. The molecule has 1 aromatic rings. The fraction of sp³-hybridized carbons (Fsp3) is 0.167. The summed E-state index contributed by atoms with van der Waals surface area (Å²) in [6.45, 7) is -0.0736. The SMILES string of the molecule is NCC(=O)Oc1ccsc1. The van der Waals surface area contributed by atoms with Gasteiger partial charge < -0.3 is 10.5 Å². The van der Waals surface area contributed by atoms with E-state index < -0.39 is 5.97 Å². The smallest absolute Gasteiger partial charge is 0.325 e. The van der Waals surface area contributed by atoms with Crippen molar-refractivity contribution in [1.82, 2.24) is 0 Å². The van der Waals surface area contributed by atoms with E-state index >= 15 is 0 Å². The molecular weight excluding hydrogens is 150 g/mol. The lowest BCUT2D eigenvalue weighted by molar-refractivity contribution is -0.132. The second-order valence-corrected chi connectivity index (χ2v) is 2.42. The number of hydrogen-bond donors (Lipinski definition) is 1. The molecule has 0 saturated heterocycles. The van der Waals surface area contributed by atoms with Gasteiger partial charge in [0.25, 0.3) is 0 Å². The van der Waals surface area contributed by atoms with Crippen LogP contribution in [0.4, 0.5) is 0 Å². The minimum atomic E-state index is -0.404. The predicted molar refractivity (Wildman–Crippen MR) is 39.0 cm³/mol. The van der Waals surface area contributed by atoms with Crippen LogP contribution >= 0.6 is 11.3 Å². The maximum absolute atomic E-state index is 10.5. The molecule has 0 unspecified atom stereocenters. The Hall–Kier alpha value is -0.870. The van der Waals surface area contributed by atoms with Crippen molar-refractivity contribution in [3.8, 4) is 5.75 Å². The van der Waals surface area contributed by atoms with Gasteiger partial charge in [0, 0.05) is 5.38 Å². The first-order valence-electron chi connectivity index (χ1n) is 2.76. The maximum atomic E-state index is 10.5. The molecule has 0 radical (unpaired) electrons. The maximum Gasteiger partial charge on any atom is 0.325 e. The van der Waals surface area contributed by atoms with Crippen LogP contribution in [0.5, 0.6) is 5.75 Å². The zero-order valence-electron chi connectivity index (χ0n) is 5.24. The average Bonchev–Trinajstić information content (AvgIpc) is 2.40. The number of ether oxygens (including phenoxy) is 1. The molecule has 4 heteroatoms. The minimum absolute atomic E-state index is 0.0736. The molecule has 1 heterocycles. The van der Waals surface area contributed by atoms with Crippen molar-refractivity contribution in [2.24, 2.45) is 5.73 Å². The Labute approximate surface area is 62.4 Å². The third kappa shape index (κ3) is 1.82. The Morgan fingerprint density at radius 1 is 1.80 bits per heavy atom. The summed E-state index contributed by atoms with van der Waals surface area (Å²) >= 11 is 1.47. The second-order valence-electron chi connectivity index (χ2n) is 1.64. The van der Waals surface area contributed by atoms with Gasteiger partial charge in [-0.05, 0) is 11.4 Å². The molecule has 1 rings (SSSR count). The quantitative estimate of drug-likeness (QED) is 0.640. The highest BCUT2D eigenvalue weighted by Gasteiger charge is 1.99. The van der Waals surface area contributed by atoms with Crippen molar-refractivity contribution in [3.63, 3.8) is 0 Å². The van der Waals surface area contributed by atoms with Crippen LogP contribution in [0.15, 0.2) is 16.8 Å². The van der Waals surface area contributed by atoms with Crippen LogP contribution < -0.4 is 10.5 Å². The predicted octanol–water partition coefficient (Wildman–Crippen LogP) is 0.612. The van der Waals surface area contributed by atoms with E-state index in [-0.39, 0.29) is 6.54 Å². The van der Waals surface area contributed by atoms with E-state index in [2.05, 4.69) is 0 Å². The van der Waals surface area contributed by atoms with Crippen molar-refractivity contribution in [2.45, 2.75) is 0 Å². The van der Waals surface area contributed by atoms with Crippen molar-refractivity contribution in [3.05, 3.63) is 16.8 Å². The van der Waals surface area contributed by atoms with Gasteiger partial charge in [-0.3, -0.25) is 4.79 Å². The number of rotatable bonds is 2. The topological polar surface area (TPSA) is 52.3 Å². The van der Waals surface area contributed by atoms with Crippen LogP contribution in [0.2, 0.25) is 0 Å². The van der Waals surface area contributed by atoms with Gasteiger partial charge in [0.15, 0.2) is 0 Å². The standard InChI is InChI=1S/C6H7NO2S/c7-3-6(8)9-5-1-2-10-4-5/h1-2,4H,3,7H2. The molecule has 0 saturated carbocycles. The summed E-state index contributed by atoms with van der Waals surface area (Å²) in [5, 5.41) is 3.58. The Balaban J connectivity index is 2.48. The third-order valence-corrected chi connectivity index (χ3v) is 1.56. The number of hydrogen-bond acceptors (Lipinski definition) is 4. The van der Waals surface area contributed by atoms with Crippen LogP contribution in [-0.2, 0) is 4.79 Å². The molecule has 0 aliphatic heterocycles. The Morgan fingerprint density at radius 2 is 2.60 bits per heavy atom. The van der Waals surface area contributed by atoms with Gasteiger partial charge in [0.1, 0.15) is 5.75 Å². The number of nitrogens with two attached hydrogens (primary N) is 1. The summed E-state index contributed by atoms with van der Waals surface area (Å²) < 4.78 is 4.75. The molecule has 0 spiro atoms. The summed E-state index contributed by atoms with van der Waals surface area (Å²) in [6, 6.07) is 1.72. The van der Waals surface area contributed by atoms with Crippen LogP contribution in [0.3, 0.4) is 0 Å². The van der Waals surface area contributed by atoms with Gasteiger partial charge in [-0.2, -0.15) is 0 Å². The van der Waals surface area contributed by atoms with Crippen molar-refractivity contribution >= 4 is 17.3 Å². The minimum Gasteiger partial charge on any atom is -0.425 e. The monoisotopic (exact) mass is 157 g/mol. The van der Waals surface area contributed by atoms with Crippen molar-refractivity contribution in [2.75, 3.05) is 6.54 Å². The molecule has 2 N–H and O–H groups in total. The van der Waals surface area contributed by atoms with E-state index in [0.29, 0.717) is 5.75 Å². The highest BCUT2D eigenvalue weighted by molar-refractivity contribution is 7.08. The van der Waals surface area contributed by atoms with E-state index in [1.54, 1.807) is 11.4 Å².